The number of rotatable bonds is 7. The van der Waals surface area contributed by atoms with Crippen LogP contribution in [0.3, 0.4) is 0 Å². The zero-order valence-corrected chi connectivity index (χ0v) is 12.4. The molecule has 1 saturated carbocycles. The molecule has 110 valence electrons. The fourth-order valence-electron chi connectivity index (χ4n) is 3.12. The van der Waals surface area contributed by atoms with Crippen molar-refractivity contribution < 1.29 is 14.7 Å². The molecule has 1 aliphatic rings. The number of hydrogen-bond acceptors (Lipinski definition) is 2. The van der Waals surface area contributed by atoms with Crippen LogP contribution in [0.15, 0.2) is 0 Å². The minimum atomic E-state index is -0.886. The first kappa shape index (κ1) is 16.0. The molecule has 1 rings (SSSR count). The van der Waals surface area contributed by atoms with Gasteiger partial charge in [0.25, 0.3) is 0 Å². The molecule has 0 radical (unpaired) electrons. The van der Waals surface area contributed by atoms with Crippen LogP contribution >= 0.6 is 0 Å². The number of hydrogen-bond donors (Lipinski definition) is 1. The number of carboxylic acid groups (broad SMARTS) is 1. The standard InChI is InChI=1S/C15H27NO3/c1-4-15(5-2,14(18)19)11-13(17)16(6-3)12-9-7-8-10-12/h12H,4-11H2,1-3H3,(H,18,19). The van der Waals surface area contributed by atoms with Crippen LogP contribution in [0.25, 0.3) is 0 Å². The van der Waals surface area contributed by atoms with Gasteiger partial charge in [0.2, 0.25) is 5.91 Å². The molecule has 0 bridgehead atoms. The first-order chi connectivity index (χ1) is 9.00. The van der Waals surface area contributed by atoms with E-state index >= 15 is 0 Å². The Morgan fingerprint density at radius 2 is 1.68 bits per heavy atom. The van der Waals surface area contributed by atoms with Crippen LogP contribution in [-0.4, -0.2) is 34.5 Å². The maximum atomic E-state index is 12.5. The first-order valence-corrected chi connectivity index (χ1v) is 7.53. The molecule has 0 unspecified atom stereocenters. The van der Waals surface area contributed by atoms with Gasteiger partial charge in [-0.2, -0.15) is 0 Å². The number of amides is 1. The first-order valence-electron chi connectivity index (χ1n) is 7.53. The monoisotopic (exact) mass is 269 g/mol. The quantitative estimate of drug-likeness (QED) is 0.772. The van der Waals surface area contributed by atoms with Crippen molar-refractivity contribution in [2.24, 2.45) is 5.41 Å². The minimum absolute atomic E-state index is 0.0144. The third-order valence-corrected chi connectivity index (χ3v) is 4.72. The molecule has 4 heteroatoms. The van der Waals surface area contributed by atoms with Gasteiger partial charge in [-0.05, 0) is 32.6 Å². The topological polar surface area (TPSA) is 57.6 Å². The van der Waals surface area contributed by atoms with E-state index in [0.29, 0.717) is 25.4 Å². The molecule has 0 aromatic carbocycles. The summed E-state index contributed by atoms with van der Waals surface area (Å²) in [6.45, 7) is 6.39. The molecule has 0 saturated heterocycles. The zero-order chi connectivity index (χ0) is 14.5. The summed E-state index contributed by atoms with van der Waals surface area (Å²) in [6, 6.07) is 0.331. The summed E-state index contributed by atoms with van der Waals surface area (Å²) in [4.78, 5) is 25.8. The van der Waals surface area contributed by atoms with E-state index in [-0.39, 0.29) is 12.3 Å². The van der Waals surface area contributed by atoms with Crippen molar-refractivity contribution in [1.82, 2.24) is 4.90 Å². The predicted molar refractivity (Wildman–Crippen MR) is 74.9 cm³/mol. The van der Waals surface area contributed by atoms with Crippen LogP contribution in [0, 0.1) is 5.41 Å². The lowest BCUT2D eigenvalue weighted by atomic mass is 9.79. The zero-order valence-electron chi connectivity index (χ0n) is 12.4. The molecule has 0 heterocycles. The Morgan fingerprint density at radius 1 is 1.16 bits per heavy atom. The largest absolute Gasteiger partial charge is 0.481 e. The molecule has 0 aromatic rings. The highest BCUT2D eigenvalue weighted by molar-refractivity contribution is 5.85. The lowest BCUT2D eigenvalue weighted by Crippen LogP contribution is -2.43. The number of aliphatic carboxylic acids is 1. The van der Waals surface area contributed by atoms with Gasteiger partial charge in [0.05, 0.1) is 5.41 Å². The molecule has 1 amide bonds. The average Bonchev–Trinajstić information content (AvgIpc) is 2.90. The van der Waals surface area contributed by atoms with E-state index in [4.69, 9.17) is 0 Å². The molecule has 0 spiro atoms. The van der Waals surface area contributed by atoms with Crippen molar-refractivity contribution in [1.29, 1.82) is 0 Å². The summed E-state index contributed by atoms with van der Waals surface area (Å²) >= 11 is 0. The number of carboxylic acids is 1. The highest BCUT2D eigenvalue weighted by Crippen LogP contribution is 2.33. The second-order valence-corrected chi connectivity index (χ2v) is 5.59. The van der Waals surface area contributed by atoms with E-state index in [2.05, 4.69) is 0 Å². The van der Waals surface area contributed by atoms with Crippen LogP contribution in [-0.2, 0) is 9.59 Å². The van der Waals surface area contributed by atoms with Crippen molar-refractivity contribution in [3.05, 3.63) is 0 Å². The summed E-state index contributed by atoms with van der Waals surface area (Å²) in [5, 5.41) is 9.42. The Balaban J connectivity index is 2.77. The Hall–Kier alpha value is -1.06. The van der Waals surface area contributed by atoms with Crippen molar-refractivity contribution in [3.8, 4) is 0 Å². The van der Waals surface area contributed by atoms with Crippen LogP contribution in [0.1, 0.15) is 65.7 Å². The fourth-order valence-corrected chi connectivity index (χ4v) is 3.12. The summed E-state index contributed by atoms with van der Waals surface area (Å²) in [5.74, 6) is -0.825. The third-order valence-electron chi connectivity index (χ3n) is 4.72. The maximum Gasteiger partial charge on any atom is 0.310 e. The molecule has 0 atom stereocenters. The van der Waals surface area contributed by atoms with E-state index in [1.807, 2.05) is 25.7 Å². The van der Waals surface area contributed by atoms with Crippen molar-refractivity contribution in [2.45, 2.75) is 71.8 Å². The van der Waals surface area contributed by atoms with E-state index in [1.165, 1.54) is 12.8 Å². The number of nitrogens with zero attached hydrogens (tertiary/aromatic N) is 1. The van der Waals surface area contributed by atoms with Crippen LogP contribution in [0.2, 0.25) is 0 Å². The smallest absolute Gasteiger partial charge is 0.310 e. The van der Waals surface area contributed by atoms with Gasteiger partial charge >= 0.3 is 5.97 Å². The highest BCUT2D eigenvalue weighted by atomic mass is 16.4. The molecule has 1 aliphatic carbocycles. The van der Waals surface area contributed by atoms with Crippen LogP contribution < -0.4 is 0 Å². The average molecular weight is 269 g/mol. The van der Waals surface area contributed by atoms with Crippen molar-refractivity contribution in [2.75, 3.05) is 6.54 Å². The molecular formula is C15H27NO3. The molecule has 1 fully saturated rings. The lowest BCUT2D eigenvalue weighted by Gasteiger charge is -2.33. The van der Waals surface area contributed by atoms with Crippen molar-refractivity contribution >= 4 is 11.9 Å². The lowest BCUT2D eigenvalue weighted by molar-refractivity contribution is -0.154. The Labute approximate surface area is 116 Å². The Kier molecular flexibility index (Phi) is 5.83. The fraction of sp³-hybridized carbons (Fsp3) is 0.867. The van der Waals surface area contributed by atoms with Gasteiger partial charge in [-0.25, -0.2) is 0 Å². The van der Waals surface area contributed by atoms with Crippen LogP contribution in [0.5, 0.6) is 0 Å². The van der Waals surface area contributed by atoms with Gasteiger partial charge in [0.15, 0.2) is 0 Å². The molecule has 19 heavy (non-hydrogen) atoms. The van der Waals surface area contributed by atoms with Gasteiger partial charge in [-0.15, -0.1) is 0 Å². The number of carbonyl (C=O) groups excluding carboxylic acids is 1. The van der Waals surface area contributed by atoms with Gasteiger partial charge in [0, 0.05) is 19.0 Å². The number of carbonyl (C=O) groups is 2. The minimum Gasteiger partial charge on any atom is -0.481 e. The third kappa shape index (κ3) is 3.48. The van der Waals surface area contributed by atoms with E-state index in [1.54, 1.807) is 0 Å². The van der Waals surface area contributed by atoms with Gasteiger partial charge in [0.1, 0.15) is 0 Å². The van der Waals surface area contributed by atoms with E-state index < -0.39 is 11.4 Å². The second kappa shape index (κ2) is 6.92. The normalized spacial score (nSPS) is 16.6. The summed E-state index contributed by atoms with van der Waals surface area (Å²) in [7, 11) is 0. The summed E-state index contributed by atoms with van der Waals surface area (Å²) in [6.07, 6.45) is 5.65. The molecule has 1 N–H and O–H groups in total. The predicted octanol–water partition coefficient (Wildman–Crippen LogP) is 3.06. The van der Waals surface area contributed by atoms with Gasteiger partial charge < -0.3 is 10.0 Å². The second-order valence-electron chi connectivity index (χ2n) is 5.59. The van der Waals surface area contributed by atoms with Gasteiger partial charge in [-0.3, -0.25) is 9.59 Å². The molecule has 0 aromatic heterocycles. The highest BCUT2D eigenvalue weighted by Gasteiger charge is 2.39. The van der Waals surface area contributed by atoms with Crippen LogP contribution in [0.4, 0.5) is 0 Å². The van der Waals surface area contributed by atoms with Crippen molar-refractivity contribution in [3.63, 3.8) is 0 Å². The van der Waals surface area contributed by atoms with E-state index in [9.17, 15) is 14.7 Å². The summed E-state index contributed by atoms with van der Waals surface area (Å²) < 4.78 is 0. The molecule has 4 nitrogen and oxygen atoms in total. The molecule has 0 aliphatic heterocycles. The Morgan fingerprint density at radius 3 is 2.05 bits per heavy atom. The summed E-state index contributed by atoms with van der Waals surface area (Å²) in [5.41, 5.74) is -0.886. The van der Waals surface area contributed by atoms with E-state index in [0.717, 1.165) is 12.8 Å². The Bertz CT molecular complexity index is 317. The SMILES string of the molecule is CCN(C(=O)CC(CC)(CC)C(=O)O)C1CCCC1. The maximum absolute atomic E-state index is 12.5. The van der Waals surface area contributed by atoms with Gasteiger partial charge in [-0.1, -0.05) is 26.7 Å². The molecular weight excluding hydrogens is 242 g/mol.